The van der Waals surface area contributed by atoms with Gasteiger partial charge in [-0.1, -0.05) is 19.8 Å². The van der Waals surface area contributed by atoms with Gasteiger partial charge in [0.05, 0.1) is 0 Å². The first-order valence-corrected chi connectivity index (χ1v) is 7.36. The van der Waals surface area contributed by atoms with Crippen LogP contribution in [0.15, 0.2) is 12.1 Å². The van der Waals surface area contributed by atoms with Crippen LogP contribution < -0.4 is 5.73 Å². The molecule has 2 aliphatic rings. The Morgan fingerprint density at radius 1 is 1.42 bits per heavy atom. The lowest BCUT2D eigenvalue weighted by Gasteiger charge is -2.46. The second-order valence-corrected chi connectivity index (χ2v) is 6.20. The molecule has 0 radical (unpaired) electrons. The molecule has 0 heterocycles. The van der Waals surface area contributed by atoms with Crippen molar-refractivity contribution >= 4 is 0 Å². The first-order chi connectivity index (χ1) is 9.08. The lowest BCUT2D eigenvalue weighted by atomic mass is 9.60. The minimum Gasteiger partial charge on any atom is -0.508 e. The van der Waals surface area contributed by atoms with E-state index in [0.29, 0.717) is 5.92 Å². The summed E-state index contributed by atoms with van der Waals surface area (Å²) in [4.78, 5) is 0. The number of benzene rings is 1. The third-order valence-electron chi connectivity index (χ3n) is 5.41. The summed E-state index contributed by atoms with van der Waals surface area (Å²) in [7, 11) is 0. The number of nitrogens with two attached hydrogens (primary N) is 1. The minimum atomic E-state index is -0.258. The molecule has 1 aromatic carbocycles. The molecule has 0 aliphatic heterocycles. The van der Waals surface area contributed by atoms with Crippen molar-refractivity contribution in [3.8, 4) is 5.75 Å². The van der Waals surface area contributed by atoms with Crippen molar-refractivity contribution < 1.29 is 9.50 Å². The number of phenols is 1. The van der Waals surface area contributed by atoms with Crippen LogP contribution in [0, 0.1) is 11.7 Å². The molecule has 1 fully saturated rings. The molecule has 3 rings (SSSR count). The van der Waals surface area contributed by atoms with Gasteiger partial charge >= 0.3 is 0 Å². The van der Waals surface area contributed by atoms with E-state index >= 15 is 0 Å². The fourth-order valence-electron chi connectivity index (χ4n) is 4.33. The van der Waals surface area contributed by atoms with Crippen LogP contribution in [0.25, 0.3) is 0 Å². The van der Waals surface area contributed by atoms with Gasteiger partial charge in [0.2, 0.25) is 0 Å². The smallest absolute Gasteiger partial charge is 0.130 e. The molecule has 3 heteroatoms. The third-order valence-corrected chi connectivity index (χ3v) is 5.41. The van der Waals surface area contributed by atoms with Gasteiger partial charge in [-0.15, -0.1) is 0 Å². The van der Waals surface area contributed by atoms with Crippen LogP contribution in [-0.2, 0) is 11.8 Å². The van der Waals surface area contributed by atoms with E-state index in [1.165, 1.54) is 12.5 Å². The Labute approximate surface area is 113 Å². The summed E-state index contributed by atoms with van der Waals surface area (Å²) in [5, 5.41) is 9.75. The average Bonchev–Trinajstić information content (AvgIpc) is 2.48. The summed E-state index contributed by atoms with van der Waals surface area (Å²) in [5.74, 6) is 0.152. The Hall–Kier alpha value is -1.09. The number of halogens is 1. The molecule has 2 bridgehead atoms. The first kappa shape index (κ1) is 12.9. The van der Waals surface area contributed by atoms with E-state index in [4.69, 9.17) is 5.73 Å². The zero-order valence-electron chi connectivity index (χ0n) is 11.5. The molecule has 19 heavy (non-hydrogen) atoms. The molecule has 104 valence electrons. The van der Waals surface area contributed by atoms with Gasteiger partial charge in [0, 0.05) is 17.5 Å². The molecule has 0 saturated heterocycles. The highest BCUT2D eigenvalue weighted by Crippen LogP contribution is 2.49. The standard InChI is InChI=1S/C16H22FNO/c1-2-16-6-4-3-5-10(15(16)18)7-12-13(16)8-11(19)9-14(12)17/h8-10,15,19H,2-7,18H2,1H3. The van der Waals surface area contributed by atoms with Crippen LogP contribution in [0.1, 0.15) is 50.2 Å². The van der Waals surface area contributed by atoms with Crippen LogP contribution >= 0.6 is 0 Å². The molecular weight excluding hydrogens is 241 g/mol. The Balaban J connectivity index is 2.23. The van der Waals surface area contributed by atoms with Gasteiger partial charge in [0.25, 0.3) is 0 Å². The molecule has 0 aromatic heterocycles. The van der Waals surface area contributed by atoms with Crippen molar-refractivity contribution in [1.29, 1.82) is 0 Å². The van der Waals surface area contributed by atoms with Crippen LogP contribution in [0.2, 0.25) is 0 Å². The molecule has 3 unspecified atom stereocenters. The van der Waals surface area contributed by atoms with E-state index in [2.05, 4.69) is 6.92 Å². The normalized spacial score (nSPS) is 33.6. The van der Waals surface area contributed by atoms with Crippen molar-refractivity contribution in [2.75, 3.05) is 0 Å². The fraction of sp³-hybridized carbons (Fsp3) is 0.625. The van der Waals surface area contributed by atoms with E-state index in [0.717, 1.165) is 43.2 Å². The van der Waals surface area contributed by atoms with Gasteiger partial charge in [-0.3, -0.25) is 0 Å². The van der Waals surface area contributed by atoms with Crippen LogP contribution in [-0.4, -0.2) is 11.1 Å². The highest BCUT2D eigenvalue weighted by molar-refractivity contribution is 5.45. The highest BCUT2D eigenvalue weighted by atomic mass is 19.1. The second kappa shape index (κ2) is 4.48. The third kappa shape index (κ3) is 1.78. The maximum atomic E-state index is 14.2. The molecular formula is C16H22FNO. The predicted molar refractivity (Wildman–Crippen MR) is 73.7 cm³/mol. The molecule has 3 N–H and O–H groups in total. The number of hydrogen-bond donors (Lipinski definition) is 2. The average molecular weight is 263 g/mol. The summed E-state index contributed by atoms with van der Waals surface area (Å²) in [6, 6.07) is 3.09. The maximum Gasteiger partial charge on any atom is 0.130 e. The van der Waals surface area contributed by atoms with Gasteiger partial charge in [-0.05, 0) is 48.8 Å². The Morgan fingerprint density at radius 3 is 2.95 bits per heavy atom. The summed E-state index contributed by atoms with van der Waals surface area (Å²) >= 11 is 0. The lowest BCUT2D eigenvalue weighted by Crippen LogP contribution is -2.52. The second-order valence-electron chi connectivity index (χ2n) is 6.20. The molecule has 3 atom stereocenters. The van der Waals surface area contributed by atoms with Crippen molar-refractivity contribution in [2.24, 2.45) is 11.7 Å². The maximum absolute atomic E-state index is 14.2. The van der Waals surface area contributed by atoms with E-state index in [1.807, 2.05) is 0 Å². The monoisotopic (exact) mass is 263 g/mol. The quantitative estimate of drug-likeness (QED) is 0.817. The lowest BCUT2D eigenvalue weighted by molar-refractivity contribution is 0.224. The van der Waals surface area contributed by atoms with Crippen LogP contribution in [0.5, 0.6) is 5.75 Å². The number of aromatic hydroxyl groups is 1. The summed E-state index contributed by atoms with van der Waals surface area (Å²) in [6.45, 7) is 2.14. The van der Waals surface area contributed by atoms with Crippen molar-refractivity contribution in [1.82, 2.24) is 0 Å². The SMILES string of the molecule is CCC12CCCCC(Cc3c(F)cc(O)cc31)C2N. The molecule has 1 aromatic rings. The number of fused-ring (bicyclic) bond motifs is 4. The van der Waals surface area contributed by atoms with Gasteiger partial charge in [-0.25, -0.2) is 4.39 Å². The number of rotatable bonds is 1. The van der Waals surface area contributed by atoms with E-state index in [-0.39, 0.29) is 23.0 Å². The van der Waals surface area contributed by atoms with Crippen LogP contribution in [0.3, 0.4) is 0 Å². The Bertz CT molecular complexity index is 502. The van der Waals surface area contributed by atoms with Crippen molar-refractivity contribution in [3.05, 3.63) is 29.1 Å². The molecule has 0 amide bonds. The van der Waals surface area contributed by atoms with Gasteiger partial charge in [-0.2, -0.15) is 0 Å². The summed E-state index contributed by atoms with van der Waals surface area (Å²) < 4.78 is 14.2. The first-order valence-electron chi connectivity index (χ1n) is 7.36. The van der Waals surface area contributed by atoms with Gasteiger partial charge in [0.15, 0.2) is 0 Å². The zero-order chi connectivity index (χ0) is 13.6. The number of hydrogen-bond acceptors (Lipinski definition) is 2. The van der Waals surface area contributed by atoms with E-state index in [9.17, 15) is 9.50 Å². The molecule has 2 nitrogen and oxygen atoms in total. The highest BCUT2D eigenvalue weighted by Gasteiger charge is 2.47. The fourth-order valence-corrected chi connectivity index (χ4v) is 4.33. The van der Waals surface area contributed by atoms with Gasteiger partial charge < -0.3 is 10.8 Å². The molecule has 2 aliphatic carbocycles. The van der Waals surface area contributed by atoms with E-state index < -0.39 is 0 Å². The largest absolute Gasteiger partial charge is 0.508 e. The van der Waals surface area contributed by atoms with Crippen LogP contribution in [0.4, 0.5) is 4.39 Å². The molecule has 0 spiro atoms. The van der Waals surface area contributed by atoms with Crippen molar-refractivity contribution in [2.45, 2.75) is 56.9 Å². The van der Waals surface area contributed by atoms with Gasteiger partial charge in [0.1, 0.15) is 11.6 Å². The summed E-state index contributed by atoms with van der Waals surface area (Å²) in [5.41, 5.74) is 8.17. The number of phenolic OH excluding ortho intramolecular Hbond substituents is 1. The Morgan fingerprint density at radius 2 is 2.21 bits per heavy atom. The molecule has 1 saturated carbocycles. The van der Waals surface area contributed by atoms with Crippen molar-refractivity contribution in [3.63, 3.8) is 0 Å². The topological polar surface area (TPSA) is 46.2 Å². The summed E-state index contributed by atoms with van der Waals surface area (Å²) in [6.07, 6.45) is 6.08. The van der Waals surface area contributed by atoms with E-state index in [1.54, 1.807) is 6.07 Å². The zero-order valence-corrected chi connectivity index (χ0v) is 11.5. The Kier molecular flexibility index (Phi) is 3.05. The minimum absolute atomic E-state index is 0.0268. The predicted octanol–water partition coefficient (Wildman–Crippen LogP) is 3.25.